The van der Waals surface area contributed by atoms with Crippen LogP contribution in [0.1, 0.15) is 46.0 Å². The second kappa shape index (κ2) is 9.79. The summed E-state index contributed by atoms with van der Waals surface area (Å²) in [6, 6.07) is 0. The Hall–Kier alpha value is -1.57. The van der Waals surface area contributed by atoms with Gasteiger partial charge in [0.25, 0.3) is 0 Å². The molecule has 5 atom stereocenters. The molecule has 0 radical (unpaired) electrons. The Labute approximate surface area is 151 Å². The maximum atomic E-state index is 10.4. The number of fused-ring (bicyclic) bond motifs is 1. The smallest absolute Gasteiger partial charge is 0.329 e. The number of carbonyl (C=O) groups is 1. The fourth-order valence-electron chi connectivity index (χ4n) is 4.04. The van der Waals surface area contributed by atoms with Gasteiger partial charge in [-0.3, -0.25) is 0 Å². The van der Waals surface area contributed by atoms with Gasteiger partial charge in [-0.05, 0) is 56.3 Å². The number of ether oxygens (including phenoxy) is 1. The zero-order valence-electron chi connectivity index (χ0n) is 15.3. The highest BCUT2D eigenvalue weighted by molar-refractivity contribution is 5.68. The summed E-state index contributed by atoms with van der Waals surface area (Å²) in [7, 11) is 0. The van der Waals surface area contributed by atoms with Crippen LogP contribution < -0.4 is 0 Å². The minimum absolute atomic E-state index is 0.159. The third-order valence-corrected chi connectivity index (χ3v) is 5.50. The third kappa shape index (κ3) is 6.02. The van der Waals surface area contributed by atoms with Gasteiger partial charge in [-0.15, -0.1) is 11.8 Å². The van der Waals surface area contributed by atoms with Crippen LogP contribution in [-0.2, 0) is 9.53 Å². The molecule has 2 aliphatic carbocycles. The highest BCUT2D eigenvalue weighted by Gasteiger charge is 2.39. The standard InChI is InChI=1S/C21H30O4/c1-3-4-5-15(2)20(22)9-8-17-6-7-18-12-16(13-19(17)18)10-11-25-14-21(23)24/h8-10,15,17-20,22H,5-7,11-14H2,1-2H3,(H,23,24)/b9-8+,16-10+/t15?,17-,18?,19?,20?/m1/s1. The normalized spacial score (nSPS) is 29.4. The van der Waals surface area contributed by atoms with E-state index in [1.54, 1.807) is 0 Å². The topological polar surface area (TPSA) is 66.8 Å². The lowest BCUT2D eigenvalue weighted by Gasteiger charge is -2.17. The molecule has 0 aromatic rings. The van der Waals surface area contributed by atoms with Crippen LogP contribution in [0.3, 0.4) is 0 Å². The number of allylic oxidation sites excluding steroid dienone is 2. The van der Waals surface area contributed by atoms with E-state index in [-0.39, 0.29) is 12.5 Å². The van der Waals surface area contributed by atoms with Crippen molar-refractivity contribution in [2.75, 3.05) is 13.2 Å². The monoisotopic (exact) mass is 346 g/mol. The average Bonchev–Trinajstić information content (AvgIpc) is 3.14. The van der Waals surface area contributed by atoms with Gasteiger partial charge in [0.2, 0.25) is 0 Å². The van der Waals surface area contributed by atoms with Crippen LogP contribution in [0.5, 0.6) is 0 Å². The Morgan fingerprint density at radius 2 is 2.20 bits per heavy atom. The van der Waals surface area contributed by atoms with E-state index in [2.05, 4.69) is 24.0 Å². The number of aliphatic hydroxyl groups is 1. The number of carboxylic acids is 1. The molecular formula is C21H30O4. The fraction of sp³-hybridized carbons (Fsp3) is 0.667. The van der Waals surface area contributed by atoms with Gasteiger partial charge in [0.15, 0.2) is 0 Å². The van der Waals surface area contributed by atoms with Gasteiger partial charge in [-0.1, -0.05) is 30.7 Å². The summed E-state index contributed by atoms with van der Waals surface area (Å²) in [5.74, 6) is 7.05. The summed E-state index contributed by atoms with van der Waals surface area (Å²) in [6.07, 6.45) is 11.1. The first kappa shape index (κ1) is 19.8. The summed E-state index contributed by atoms with van der Waals surface area (Å²) in [5.41, 5.74) is 1.39. The maximum Gasteiger partial charge on any atom is 0.329 e. The average molecular weight is 346 g/mol. The number of carboxylic acid groups (broad SMARTS) is 1. The van der Waals surface area contributed by atoms with Crippen molar-refractivity contribution in [3.05, 3.63) is 23.8 Å². The number of hydrogen-bond acceptors (Lipinski definition) is 3. The van der Waals surface area contributed by atoms with Crippen LogP contribution in [-0.4, -0.2) is 35.5 Å². The third-order valence-electron chi connectivity index (χ3n) is 5.50. The molecule has 4 unspecified atom stereocenters. The van der Waals surface area contributed by atoms with Gasteiger partial charge in [0, 0.05) is 6.42 Å². The van der Waals surface area contributed by atoms with E-state index in [1.807, 2.05) is 19.9 Å². The van der Waals surface area contributed by atoms with Crippen LogP contribution in [0.4, 0.5) is 0 Å². The lowest BCUT2D eigenvalue weighted by Crippen LogP contribution is -2.15. The van der Waals surface area contributed by atoms with E-state index in [0.717, 1.165) is 25.2 Å². The Balaban J connectivity index is 1.82. The molecule has 0 heterocycles. The molecule has 2 fully saturated rings. The van der Waals surface area contributed by atoms with Crippen molar-refractivity contribution in [1.82, 2.24) is 0 Å². The minimum Gasteiger partial charge on any atom is -0.480 e. The summed E-state index contributed by atoms with van der Waals surface area (Å²) in [6.45, 7) is 4.01. The molecule has 0 aromatic heterocycles. The molecule has 0 saturated heterocycles. The fourth-order valence-corrected chi connectivity index (χ4v) is 4.04. The number of aliphatic hydroxyl groups excluding tert-OH is 1. The summed E-state index contributed by atoms with van der Waals surface area (Å²) in [5, 5.41) is 18.8. The van der Waals surface area contributed by atoms with Gasteiger partial charge in [0.1, 0.15) is 6.61 Å². The Morgan fingerprint density at radius 3 is 2.92 bits per heavy atom. The van der Waals surface area contributed by atoms with Crippen molar-refractivity contribution in [2.24, 2.45) is 23.7 Å². The van der Waals surface area contributed by atoms with Crippen molar-refractivity contribution in [3.63, 3.8) is 0 Å². The van der Waals surface area contributed by atoms with Crippen LogP contribution in [0.2, 0.25) is 0 Å². The van der Waals surface area contributed by atoms with Gasteiger partial charge in [-0.25, -0.2) is 4.79 Å². The minimum atomic E-state index is -0.926. The molecule has 4 heteroatoms. The molecule has 4 nitrogen and oxygen atoms in total. The lowest BCUT2D eigenvalue weighted by atomic mass is 9.90. The predicted molar refractivity (Wildman–Crippen MR) is 97.9 cm³/mol. The van der Waals surface area contributed by atoms with Crippen molar-refractivity contribution in [3.8, 4) is 11.8 Å². The molecular weight excluding hydrogens is 316 g/mol. The first-order valence-electron chi connectivity index (χ1n) is 9.24. The second-order valence-electron chi connectivity index (χ2n) is 7.33. The molecule has 2 saturated carbocycles. The Morgan fingerprint density at radius 1 is 1.40 bits per heavy atom. The molecule has 0 aromatic carbocycles. The quantitative estimate of drug-likeness (QED) is 0.401. The van der Waals surface area contributed by atoms with E-state index < -0.39 is 12.1 Å². The predicted octanol–water partition coefficient (Wildman–Crippen LogP) is 3.42. The van der Waals surface area contributed by atoms with Crippen LogP contribution in [0, 0.1) is 35.5 Å². The van der Waals surface area contributed by atoms with Gasteiger partial charge >= 0.3 is 5.97 Å². The molecule has 0 amide bonds. The van der Waals surface area contributed by atoms with E-state index in [1.165, 1.54) is 18.4 Å². The summed E-state index contributed by atoms with van der Waals surface area (Å²) in [4.78, 5) is 10.4. The van der Waals surface area contributed by atoms with Crippen LogP contribution >= 0.6 is 0 Å². The highest BCUT2D eigenvalue weighted by atomic mass is 16.5. The van der Waals surface area contributed by atoms with Crippen molar-refractivity contribution in [1.29, 1.82) is 0 Å². The first-order chi connectivity index (χ1) is 12.0. The maximum absolute atomic E-state index is 10.4. The SMILES string of the molecule is CC#CCC(C)C(O)/C=C/[C@H]1CCC2C/C(=C\COCC(=O)O)CC21. The zero-order chi connectivity index (χ0) is 18.2. The largest absolute Gasteiger partial charge is 0.480 e. The number of hydrogen-bond donors (Lipinski definition) is 2. The van der Waals surface area contributed by atoms with Gasteiger partial charge in [-0.2, -0.15) is 0 Å². The van der Waals surface area contributed by atoms with Crippen LogP contribution in [0.15, 0.2) is 23.8 Å². The molecule has 2 N–H and O–H groups in total. The summed E-state index contributed by atoms with van der Waals surface area (Å²) < 4.78 is 5.11. The Bertz CT molecular complexity index is 566. The van der Waals surface area contributed by atoms with Crippen molar-refractivity contribution < 1.29 is 19.7 Å². The van der Waals surface area contributed by atoms with E-state index in [4.69, 9.17) is 9.84 Å². The van der Waals surface area contributed by atoms with Gasteiger partial charge < -0.3 is 14.9 Å². The number of aliphatic carboxylic acids is 1. The lowest BCUT2D eigenvalue weighted by molar-refractivity contribution is -0.141. The van der Waals surface area contributed by atoms with Crippen molar-refractivity contribution in [2.45, 2.75) is 52.1 Å². The van der Waals surface area contributed by atoms with Crippen LogP contribution in [0.25, 0.3) is 0 Å². The van der Waals surface area contributed by atoms with E-state index >= 15 is 0 Å². The molecule has 2 aliphatic rings. The number of rotatable bonds is 8. The first-order valence-corrected chi connectivity index (χ1v) is 9.24. The zero-order valence-corrected chi connectivity index (χ0v) is 15.3. The molecule has 138 valence electrons. The highest BCUT2D eigenvalue weighted by Crippen LogP contribution is 2.50. The Kier molecular flexibility index (Phi) is 7.74. The molecule has 0 aliphatic heterocycles. The second-order valence-corrected chi connectivity index (χ2v) is 7.33. The summed E-state index contributed by atoms with van der Waals surface area (Å²) >= 11 is 0. The molecule has 0 bridgehead atoms. The van der Waals surface area contributed by atoms with Gasteiger partial charge in [0.05, 0.1) is 12.7 Å². The molecule has 25 heavy (non-hydrogen) atoms. The molecule has 0 spiro atoms. The molecule has 2 rings (SSSR count). The van der Waals surface area contributed by atoms with E-state index in [9.17, 15) is 9.90 Å². The van der Waals surface area contributed by atoms with Crippen molar-refractivity contribution >= 4 is 5.97 Å². The van der Waals surface area contributed by atoms with E-state index in [0.29, 0.717) is 18.4 Å².